The second kappa shape index (κ2) is 7.36. The van der Waals surface area contributed by atoms with Gasteiger partial charge in [-0.05, 0) is 6.07 Å². The standard InChI is InChI=1S/C17H17N5O2/c1-24-16-11-14(7-8-18-16)17(23)19-9-10-22-12-15(20-21-22)13-5-3-2-4-6-13/h2-8,11-12H,9-10H2,1H3,(H,19,23). The maximum atomic E-state index is 12.1. The van der Waals surface area contributed by atoms with E-state index in [1.807, 2.05) is 36.5 Å². The molecule has 1 amide bonds. The van der Waals surface area contributed by atoms with E-state index < -0.39 is 0 Å². The zero-order valence-corrected chi connectivity index (χ0v) is 13.2. The molecule has 122 valence electrons. The molecule has 3 rings (SSSR count). The van der Waals surface area contributed by atoms with E-state index in [9.17, 15) is 4.79 Å². The molecular formula is C17H17N5O2. The molecule has 1 N–H and O–H groups in total. The number of methoxy groups -OCH3 is 1. The molecule has 0 unspecified atom stereocenters. The van der Waals surface area contributed by atoms with E-state index in [1.54, 1.807) is 16.8 Å². The summed E-state index contributed by atoms with van der Waals surface area (Å²) in [5, 5.41) is 11.1. The molecule has 0 saturated carbocycles. The highest BCUT2D eigenvalue weighted by atomic mass is 16.5. The van der Waals surface area contributed by atoms with E-state index in [4.69, 9.17) is 4.74 Å². The maximum Gasteiger partial charge on any atom is 0.251 e. The number of benzene rings is 1. The molecule has 0 bridgehead atoms. The Morgan fingerprint density at radius 1 is 1.25 bits per heavy atom. The van der Waals surface area contributed by atoms with Crippen molar-refractivity contribution in [2.24, 2.45) is 0 Å². The van der Waals surface area contributed by atoms with Gasteiger partial charge in [0.25, 0.3) is 5.91 Å². The highest BCUT2D eigenvalue weighted by molar-refractivity contribution is 5.94. The van der Waals surface area contributed by atoms with Crippen LogP contribution < -0.4 is 10.1 Å². The molecule has 2 aromatic heterocycles. The number of aromatic nitrogens is 4. The average Bonchev–Trinajstić information content (AvgIpc) is 3.11. The molecule has 0 aliphatic rings. The summed E-state index contributed by atoms with van der Waals surface area (Å²) in [5.41, 5.74) is 2.32. The SMILES string of the molecule is COc1cc(C(=O)NCCn2cc(-c3ccccc3)nn2)ccn1. The smallest absolute Gasteiger partial charge is 0.251 e. The van der Waals surface area contributed by atoms with E-state index in [0.717, 1.165) is 11.3 Å². The summed E-state index contributed by atoms with van der Waals surface area (Å²) >= 11 is 0. The van der Waals surface area contributed by atoms with Crippen LogP contribution in [0.4, 0.5) is 0 Å². The van der Waals surface area contributed by atoms with Crippen molar-refractivity contribution < 1.29 is 9.53 Å². The van der Waals surface area contributed by atoms with Crippen LogP contribution >= 0.6 is 0 Å². The van der Waals surface area contributed by atoms with Gasteiger partial charge in [-0.15, -0.1) is 5.10 Å². The Morgan fingerprint density at radius 2 is 2.08 bits per heavy atom. The highest BCUT2D eigenvalue weighted by Gasteiger charge is 2.07. The third-order valence-electron chi connectivity index (χ3n) is 3.44. The van der Waals surface area contributed by atoms with Crippen LogP contribution in [0.5, 0.6) is 5.88 Å². The van der Waals surface area contributed by atoms with Crippen LogP contribution in [-0.4, -0.2) is 39.5 Å². The number of carbonyl (C=O) groups excluding carboxylic acids is 1. The van der Waals surface area contributed by atoms with Crippen LogP contribution in [0.3, 0.4) is 0 Å². The lowest BCUT2D eigenvalue weighted by atomic mass is 10.2. The molecule has 7 nitrogen and oxygen atoms in total. The number of hydrogen-bond donors (Lipinski definition) is 1. The fourth-order valence-corrected chi connectivity index (χ4v) is 2.20. The fraction of sp³-hybridized carbons (Fsp3) is 0.176. The predicted octanol–water partition coefficient (Wildman–Crippen LogP) is 1.78. The van der Waals surface area contributed by atoms with Crippen molar-refractivity contribution >= 4 is 5.91 Å². The third-order valence-corrected chi connectivity index (χ3v) is 3.44. The second-order valence-corrected chi connectivity index (χ2v) is 5.08. The number of rotatable bonds is 6. The number of carbonyl (C=O) groups is 1. The monoisotopic (exact) mass is 323 g/mol. The van der Waals surface area contributed by atoms with Crippen molar-refractivity contribution in [3.8, 4) is 17.1 Å². The molecule has 3 aromatic rings. The van der Waals surface area contributed by atoms with Crippen LogP contribution in [0, 0.1) is 0 Å². The Morgan fingerprint density at radius 3 is 2.88 bits per heavy atom. The van der Waals surface area contributed by atoms with Gasteiger partial charge >= 0.3 is 0 Å². The molecule has 24 heavy (non-hydrogen) atoms. The zero-order chi connectivity index (χ0) is 16.8. The summed E-state index contributed by atoms with van der Waals surface area (Å²) in [6.45, 7) is 0.981. The molecule has 0 atom stereocenters. The lowest BCUT2D eigenvalue weighted by Crippen LogP contribution is -2.27. The third kappa shape index (κ3) is 3.75. The maximum absolute atomic E-state index is 12.1. The van der Waals surface area contributed by atoms with Crippen molar-refractivity contribution in [3.63, 3.8) is 0 Å². The highest BCUT2D eigenvalue weighted by Crippen LogP contribution is 2.14. The predicted molar refractivity (Wildman–Crippen MR) is 88.6 cm³/mol. The van der Waals surface area contributed by atoms with Crippen LogP contribution in [-0.2, 0) is 6.54 Å². The van der Waals surface area contributed by atoms with Crippen LogP contribution in [0.25, 0.3) is 11.3 Å². The van der Waals surface area contributed by atoms with E-state index in [2.05, 4.69) is 20.6 Å². The quantitative estimate of drug-likeness (QED) is 0.748. The van der Waals surface area contributed by atoms with Gasteiger partial charge in [0, 0.05) is 29.9 Å². The van der Waals surface area contributed by atoms with Crippen LogP contribution in [0.1, 0.15) is 10.4 Å². The van der Waals surface area contributed by atoms with E-state index in [-0.39, 0.29) is 5.91 Å². The summed E-state index contributed by atoms with van der Waals surface area (Å²) < 4.78 is 6.71. The molecule has 0 saturated heterocycles. The van der Waals surface area contributed by atoms with Gasteiger partial charge in [0.05, 0.1) is 19.9 Å². The first-order valence-electron chi connectivity index (χ1n) is 7.50. The summed E-state index contributed by atoms with van der Waals surface area (Å²) in [6.07, 6.45) is 3.40. The summed E-state index contributed by atoms with van der Waals surface area (Å²) in [7, 11) is 1.51. The lowest BCUT2D eigenvalue weighted by Gasteiger charge is -2.06. The number of nitrogens with one attached hydrogen (secondary N) is 1. The summed E-state index contributed by atoms with van der Waals surface area (Å²) in [4.78, 5) is 16.1. The molecule has 0 aliphatic carbocycles. The second-order valence-electron chi connectivity index (χ2n) is 5.08. The Bertz CT molecular complexity index is 817. The van der Waals surface area contributed by atoms with Gasteiger partial charge in [0.15, 0.2) is 0 Å². The Labute approximate surface area is 139 Å². The average molecular weight is 323 g/mol. The van der Waals surface area contributed by atoms with Crippen molar-refractivity contribution in [2.45, 2.75) is 6.54 Å². The topological polar surface area (TPSA) is 81.9 Å². The Kier molecular flexibility index (Phi) is 4.81. The lowest BCUT2D eigenvalue weighted by molar-refractivity contribution is 0.0951. The first kappa shape index (κ1) is 15.7. The molecule has 2 heterocycles. The zero-order valence-electron chi connectivity index (χ0n) is 13.2. The van der Waals surface area contributed by atoms with E-state index >= 15 is 0 Å². The fourth-order valence-electron chi connectivity index (χ4n) is 2.20. The number of amides is 1. The minimum absolute atomic E-state index is 0.181. The number of pyridine rings is 1. The molecule has 1 aromatic carbocycles. The van der Waals surface area contributed by atoms with Crippen molar-refractivity contribution in [3.05, 3.63) is 60.4 Å². The number of hydrogen-bond acceptors (Lipinski definition) is 5. The molecule has 0 spiro atoms. The van der Waals surface area contributed by atoms with Crippen LogP contribution in [0.2, 0.25) is 0 Å². The summed E-state index contributed by atoms with van der Waals surface area (Å²) in [5.74, 6) is 0.227. The van der Waals surface area contributed by atoms with Gasteiger partial charge < -0.3 is 10.1 Å². The number of nitrogens with zero attached hydrogens (tertiary/aromatic N) is 4. The van der Waals surface area contributed by atoms with Crippen molar-refractivity contribution in [1.82, 2.24) is 25.3 Å². The van der Waals surface area contributed by atoms with E-state index in [0.29, 0.717) is 24.5 Å². The molecular weight excluding hydrogens is 306 g/mol. The van der Waals surface area contributed by atoms with Crippen molar-refractivity contribution in [2.75, 3.05) is 13.7 Å². The molecule has 7 heteroatoms. The van der Waals surface area contributed by atoms with Crippen LogP contribution in [0.15, 0.2) is 54.9 Å². The molecule has 0 radical (unpaired) electrons. The normalized spacial score (nSPS) is 10.4. The van der Waals surface area contributed by atoms with Gasteiger partial charge in [-0.2, -0.15) is 0 Å². The Balaban J connectivity index is 1.55. The first-order valence-corrected chi connectivity index (χ1v) is 7.50. The minimum atomic E-state index is -0.181. The van der Waals surface area contributed by atoms with Gasteiger partial charge in [-0.3, -0.25) is 9.48 Å². The molecule has 0 fully saturated rings. The van der Waals surface area contributed by atoms with Gasteiger partial charge in [0.1, 0.15) is 5.69 Å². The molecule has 0 aliphatic heterocycles. The van der Waals surface area contributed by atoms with Gasteiger partial charge in [-0.1, -0.05) is 35.5 Å². The Hall–Kier alpha value is -3.22. The van der Waals surface area contributed by atoms with E-state index in [1.165, 1.54) is 13.3 Å². The number of ether oxygens (including phenoxy) is 1. The van der Waals surface area contributed by atoms with Crippen molar-refractivity contribution in [1.29, 1.82) is 0 Å². The minimum Gasteiger partial charge on any atom is -0.481 e. The largest absolute Gasteiger partial charge is 0.481 e. The van der Waals surface area contributed by atoms with Gasteiger partial charge in [-0.25, -0.2) is 4.98 Å². The van der Waals surface area contributed by atoms with Gasteiger partial charge in [0.2, 0.25) is 5.88 Å². The summed E-state index contributed by atoms with van der Waals surface area (Å²) in [6, 6.07) is 13.1. The first-order chi connectivity index (χ1) is 11.8.